The first-order chi connectivity index (χ1) is 9.38. The van der Waals surface area contributed by atoms with Crippen LogP contribution in [0.3, 0.4) is 0 Å². The van der Waals surface area contributed by atoms with Crippen LogP contribution < -0.4 is 10.5 Å². The van der Waals surface area contributed by atoms with Crippen molar-refractivity contribution in [2.24, 2.45) is 5.73 Å². The fourth-order valence-corrected chi connectivity index (χ4v) is 2.29. The number of alkyl halides is 2. The van der Waals surface area contributed by atoms with Crippen LogP contribution >= 0.6 is 0 Å². The Morgan fingerprint density at radius 3 is 2.00 bits per heavy atom. The predicted octanol–water partition coefficient (Wildman–Crippen LogP) is 4.25. The summed E-state index contributed by atoms with van der Waals surface area (Å²) in [6.45, 7) is 11.1. The first kappa shape index (κ1) is 17.9. The van der Waals surface area contributed by atoms with E-state index in [1.807, 2.05) is 12.1 Å². The van der Waals surface area contributed by atoms with Gasteiger partial charge in [-0.1, -0.05) is 53.7 Å². The Morgan fingerprint density at radius 1 is 1.00 bits per heavy atom. The molecule has 0 aromatic heterocycles. The first-order valence-electron chi connectivity index (χ1n) is 7.23. The molecule has 0 fully saturated rings. The molecule has 1 aromatic carbocycles. The molecule has 2 N–H and O–H groups in total. The Labute approximate surface area is 126 Å². The van der Waals surface area contributed by atoms with Crippen molar-refractivity contribution in [3.05, 3.63) is 29.3 Å². The van der Waals surface area contributed by atoms with Crippen molar-refractivity contribution in [2.45, 2.75) is 58.3 Å². The number of benzene rings is 1. The van der Waals surface area contributed by atoms with E-state index in [1.165, 1.54) is 0 Å². The van der Waals surface area contributed by atoms with Crippen LogP contribution in [-0.4, -0.2) is 19.1 Å². The third-order valence-electron chi connectivity index (χ3n) is 3.32. The average molecular weight is 299 g/mol. The van der Waals surface area contributed by atoms with Crippen LogP contribution in [0.25, 0.3) is 0 Å². The lowest BCUT2D eigenvalue weighted by Crippen LogP contribution is -2.35. The molecule has 0 aliphatic heterocycles. The normalized spacial score (nSPS) is 13.4. The predicted molar refractivity (Wildman–Crippen MR) is 83.3 cm³/mol. The Morgan fingerprint density at radius 2 is 1.57 bits per heavy atom. The number of hydrogen-bond donors (Lipinski definition) is 1. The Kier molecular flexibility index (Phi) is 5.04. The summed E-state index contributed by atoms with van der Waals surface area (Å²) in [4.78, 5) is 0. The summed E-state index contributed by atoms with van der Waals surface area (Å²) in [5.41, 5.74) is 6.87. The van der Waals surface area contributed by atoms with Crippen molar-refractivity contribution >= 4 is 0 Å². The van der Waals surface area contributed by atoms with Gasteiger partial charge in [-0.05, 0) is 22.5 Å². The van der Waals surface area contributed by atoms with E-state index >= 15 is 0 Å². The van der Waals surface area contributed by atoms with Crippen molar-refractivity contribution in [3.8, 4) is 5.75 Å². The van der Waals surface area contributed by atoms with E-state index in [0.717, 1.165) is 11.1 Å². The van der Waals surface area contributed by atoms with Crippen molar-refractivity contribution < 1.29 is 13.5 Å². The molecule has 0 atom stereocenters. The van der Waals surface area contributed by atoms with Gasteiger partial charge in [0.15, 0.2) is 6.61 Å². The van der Waals surface area contributed by atoms with Crippen molar-refractivity contribution in [1.29, 1.82) is 0 Å². The van der Waals surface area contributed by atoms with Crippen molar-refractivity contribution in [1.82, 2.24) is 0 Å². The van der Waals surface area contributed by atoms with Crippen LogP contribution in [0, 0.1) is 0 Å². The van der Waals surface area contributed by atoms with Gasteiger partial charge in [-0.25, -0.2) is 8.78 Å². The first-order valence-corrected chi connectivity index (χ1v) is 7.23. The Bertz CT molecular complexity index is 485. The monoisotopic (exact) mass is 299 g/mol. The summed E-state index contributed by atoms with van der Waals surface area (Å²) < 4.78 is 32.1. The number of nitrogens with two attached hydrogens (primary N) is 1. The van der Waals surface area contributed by atoms with Crippen LogP contribution in [0.15, 0.2) is 18.2 Å². The molecule has 0 aliphatic carbocycles. The maximum absolute atomic E-state index is 13.4. The molecule has 2 nitrogen and oxygen atoms in total. The number of halogens is 2. The molecule has 0 radical (unpaired) electrons. The minimum Gasteiger partial charge on any atom is -0.487 e. The largest absolute Gasteiger partial charge is 0.487 e. The zero-order chi connectivity index (χ0) is 16.5. The van der Waals surface area contributed by atoms with Crippen molar-refractivity contribution in [2.75, 3.05) is 13.2 Å². The molecule has 0 bridgehead atoms. The summed E-state index contributed by atoms with van der Waals surface area (Å²) in [5.74, 6) is -2.49. The smallest absolute Gasteiger partial charge is 0.293 e. The second kappa shape index (κ2) is 5.91. The summed E-state index contributed by atoms with van der Waals surface area (Å²) in [5, 5.41) is 0. The van der Waals surface area contributed by atoms with Gasteiger partial charge in [-0.15, -0.1) is 0 Å². The van der Waals surface area contributed by atoms with Crippen LogP contribution in [0.2, 0.25) is 0 Å². The molecule has 0 spiro atoms. The van der Waals surface area contributed by atoms with Gasteiger partial charge in [0, 0.05) is 5.56 Å². The molecule has 0 aliphatic rings. The zero-order valence-electron chi connectivity index (χ0n) is 13.9. The maximum atomic E-state index is 13.4. The van der Waals surface area contributed by atoms with E-state index in [1.54, 1.807) is 6.07 Å². The van der Waals surface area contributed by atoms with Gasteiger partial charge >= 0.3 is 0 Å². The quantitative estimate of drug-likeness (QED) is 0.902. The maximum Gasteiger partial charge on any atom is 0.293 e. The van der Waals surface area contributed by atoms with E-state index in [-0.39, 0.29) is 10.8 Å². The van der Waals surface area contributed by atoms with Gasteiger partial charge in [0.1, 0.15) is 5.75 Å². The van der Waals surface area contributed by atoms with E-state index in [4.69, 9.17) is 10.5 Å². The molecule has 0 amide bonds. The second-order valence-corrected chi connectivity index (χ2v) is 7.53. The highest BCUT2D eigenvalue weighted by Crippen LogP contribution is 2.40. The highest BCUT2D eigenvalue weighted by Gasteiger charge is 2.31. The zero-order valence-corrected chi connectivity index (χ0v) is 13.9. The van der Waals surface area contributed by atoms with Gasteiger partial charge < -0.3 is 10.5 Å². The molecular formula is C17H27F2NO. The Balaban J connectivity index is 3.27. The third-order valence-corrected chi connectivity index (χ3v) is 3.32. The SMILES string of the molecule is CC(C)(C)c1cccc(OCC(F)(F)CN)c1C(C)(C)C. The lowest BCUT2D eigenvalue weighted by atomic mass is 9.75. The number of hydrogen-bond acceptors (Lipinski definition) is 2. The molecule has 21 heavy (non-hydrogen) atoms. The number of ether oxygens (including phenoxy) is 1. The van der Waals surface area contributed by atoms with E-state index in [2.05, 4.69) is 41.5 Å². The molecule has 1 rings (SSSR count). The fourth-order valence-electron chi connectivity index (χ4n) is 2.29. The Hall–Kier alpha value is -1.16. The highest BCUT2D eigenvalue weighted by atomic mass is 19.3. The summed E-state index contributed by atoms with van der Waals surface area (Å²) in [7, 11) is 0. The lowest BCUT2D eigenvalue weighted by molar-refractivity contribution is -0.0324. The molecule has 0 saturated carbocycles. The summed E-state index contributed by atoms with van der Waals surface area (Å²) in [6, 6.07) is 5.64. The van der Waals surface area contributed by atoms with Gasteiger partial charge in [0.05, 0.1) is 6.54 Å². The molecular weight excluding hydrogens is 272 g/mol. The van der Waals surface area contributed by atoms with Crippen molar-refractivity contribution in [3.63, 3.8) is 0 Å². The summed E-state index contributed by atoms with van der Waals surface area (Å²) >= 11 is 0. The average Bonchev–Trinajstić information content (AvgIpc) is 2.34. The molecule has 4 heteroatoms. The fraction of sp³-hybridized carbons (Fsp3) is 0.647. The molecule has 120 valence electrons. The molecule has 0 heterocycles. The van der Waals surface area contributed by atoms with E-state index in [0.29, 0.717) is 5.75 Å². The highest BCUT2D eigenvalue weighted by molar-refractivity contribution is 5.47. The lowest BCUT2D eigenvalue weighted by Gasteiger charge is -2.32. The van der Waals surface area contributed by atoms with E-state index < -0.39 is 19.1 Å². The van der Waals surface area contributed by atoms with Crippen LogP contribution in [0.4, 0.5) is 8.78 Å². The van der Waals surface area contributed by atoms with Crippen LogP contribution in [0.5, 0.6) is 5.75 Å². The minimum absolute atomic E-state index is 0.0850. The van der Waals surface area contributed by atoms with Gasteiger partial charge in [-0.2, -0.15) is 0 Å². The van der Waals surface area contributed by atoms with Crippen LogP contribution in [-0.2, 0) is 10.8 Å². The standard InChI is InChI=1S/C17H27F2NO/c1-15(2,3)12-8-7-9-13(14(12)16(4,5)6)21-11-17(18,19)10-20/h7-9H,10-11,20H2,1-6H3. The molecule has 1 aromatic rings. The van der Waals surface area contributed by atoms with Gasteiger partial charge in [-0.3, -0.25) is 0 Å². The second-order valence-electron chi connectivity index (χ2n) is 7.53. The minimum atomic E-state index is -3.01. The third kappa shape index (κ3) is 4.67. The topological polar surface area (TPSA) is 35.2 Å². The molecule has 0 unspecified atom stereocenters. The summed E-state index contributed by atoms with van der Waals surface area (Å²) in [6.07, 6.45) is 0. The van der Waals surface area contributed by atoms with Crippen LogP contribution in [0.1, 0.15) is 52.7 Å². The van der Waals surface area contributed by atoms with Gasteiger partial charge in [0.25, 0.3) is 5.92 Å². The van der Waals surface area contributed by atoms with Gasteiger partial charge in [0.2, 0.25) is 0 Å². The van der Waals surface area contributed by atoms with E-state index in [9.17, 15) is 8.78 Å². The molecule has 0 saturated heterocycles. The number of rotatable bonds is 4.